The molecule has 0 aliphatic carbocycles. The number of alkyl halides is 2. The highest BCUT2D eigenvalue weighted by molar-refractivity contribution is 5.42. The van der Waals surface area contributed by atoms with E-state index in [1.54, 1.807) is 6.07 Å². The average molecular weight is 213 g/mol. The first-order valence-electron chi connectivity index (χ1n) is 4.10. The third kappa shape index (κ3) is 2.19. The van der Waals surface area contributed by atoms with Crippen LogP contribution in [0.5, 0.6) is 5.75 Å². The standard InChI is InChI=1S/C9H9F2N3O/c1-15-8-2-5(9(10)11)6(3-12)14-7(8)4-13/h2,9H,3,12H2,1H3. The summed E-state index contributed by atoms with van der Waals surface area (Å²) in [4.78, 5) is 3.71. The van der Waals surface area contributed by atoms with Gasteiger partial charge in [0.2, 0.25) is 0 Å². The first-order valence-corrected chi connectivity index (χ1v) is 4.10. The highest BCUT2D eigenvalue weighted by Crippen LogP contribution is 2.27. The Morgan fingerprint density at radius 1 is 1.67 bits per heavy atom. The maximum Gasteiger partial charge on any atom is 0.265 e. The number of nitrogens with zero attached hydrogens (tertiary/aromatic N) is 2. The smallest absolute Gasteiger partial charge is 0.265 e. The molecule has 6 heteroatoms. The van der Waals surface area contributed by atoms with E-state index in [0.29, 0.717) is 0 Å². The molecule has 2 N–H and O–H groups in total. The van der Waals surface area contributed by atoms with Gasteiger partial charge in [0.05, 0.1) is 12.8 Å². The van der Waals surface area contributed by atoms with Gasteiger partial charge in [-0.15, -0.1) is 0 Å². The number of ether oxygens (including phenoxy) is 1. The minimum atomic E-state index is -2.68. The molecule has 0 saturated heterocycles. The van der Waals surface area contributed by atoms with Gasteiger partial charge in [0.1, 0.15) is 6.07 Å². The van der Waals surface area contributed by atoms with Crippen molar-refractivity contribution in [3.63, 3.8) is 0 Å². The molecule has 15 heavy (non-hydrogen) atoms. The molecule has 0 aliphatic heterocycles. The van der Waals surface area contributed by atoms with Crippen LogP contribution in [0.4, 0.5) is 8.78 Å². The van der Waals surface area contributed by atoms with Gasteiger partial charge in [0, 0.05) is 12.1 Å². The lowest BCUT2D eigenvalue weighted by Gasteiger charge is -2.09. The summed E-state index contributed by atoms with van der Waals surface area (Å²) in [6.45, 7) is -0.141. The fourth-order valence-corrected chi connectivity index (χ4v) is 1.14. The average Bonchev–Trinajstić information content (AvgIpc) is 2.26. The minimum absolute atomic E-state index is 0.0161. The van der Waals surface area contributed by atoms with E-state index in [1.165, 1.54) is 7.11 Å². The second-order valence-corrected chi connectivity index (χ2v) is 2.69. The van der Waals surface area contributed by atoms with Crippen LogP contribution in [0.25, 0.3) is 0 Å². The molecule has 0 aliphatic rings. The Labute approximate surface area is 85.3 Å². The summed E-state index contributed by atoms with van der Waals surface area (Å²) in [6, 6.07) is 2.85. The van der Waals surface area contributed by atoms with Gasteiger partial charge in [0.15, 0.2) is 11.4 Å². The summed E-state index contributed by atoms with van der Waals surface area (Å²) in [5.41, 5.74) is 4.94. The van der Waals surface area contributed by atoms with Gasteiger partial charge in [-0.2, -0.15) is 5.26 Å². The zero-order valence-corrected chi connectivity index (χ0v) is 8.00. The summed E-state index contributed by atoms with van der Waals surface area (Å²) < 4.78 is 29.8. The lowest BCUT2D eigenvalue weighted by Crippen LogP contribution is -2.07. The molecule has 0 spiro atoms. The Bertz CT molecular complexity index is 401. The lowest BCUT2D eigenvalue weighted by atomic mass is 10.1. The van der Waals surface area contributed by atoms with Crippen LogP contribution in [0.3, 0.4) is 0 Å². The highest BCUT2D eigenvalue weighted by atomic mass is 19.3. The highest BCUT2D eigenvalue weighted by Gasteiger charge is 2.17. The number of pyridine rings is 1. The van der Waals surface area contributed by atoms with Gasteiger partial charge in [0.25, 0.3) is 6.43 Å². The van der Waals surface area contributed by atoms with Crippen molar-refractivity contribution in [3.05, 3.63) is 23.0 Å². The molecule has 1 aromatic heterocycles. The number of halogens is 2. The molecule has 0 aromatic carbocycles. The second-order valence-electron chi connectivity index (χ2n) is 2.69. The number of aromatic nitrogens is 1. The van der Waals surface area contributed by atoms with Crippen LogP contribution in [0.2, 0.25) is 0 Å². The Balaban J connectivity index is 3.36. The Hall–Kier alpha value is -1.74. The number of rotatable bonds is 3. The fraction of sp³-hybridized carbons (Fsp3) is 0.333. The number of methoxy groups -OCH3 is 1. The fourth-order valence-electron chi connectivity index (χ4n) is 1.14. The molecule has 0 atom stereocenters. The van der Waals surface area contributed by atoms with Crippen molar-refractivity contribution in [1.29, 1.82) is 5.26 Å². The lowest BCUT2D eigenvalue weighted by molar-refractivity contribution is 0.149. The van der Waals surface area contributed by atoms with Crippen molar-refractivity contribution >= 4 is 0 Å². The van der Waals surface area contributed by atoms with Crippen LogP contribution in [0.15, 0.2) is 6.07 Å². The quantitative estimate of drug-likeness (QED) is 0.822. The van der Waals surface area contributed by atoms with Gasteiger partial charge >= 0.3 is 0 Å². The molecule has 0 bridgehead atoms. The van der Waals surface area contributed by atoms with Gasteiger partial charge in [-0.1, -0.05) is 0 Å². The van der Waals surface area contributed by atoms with Crippen molar-refractivity contribution in [2.75, 3.05) is 7.11 Å². The number of nitriles is 1. The first kappa shape index (κ1) is 11.3. The van der Waals surface area contributed by atoms with E-state index in [0.717, 1.165) is 6.07 Å². The van der Waals surface area contributed by atoms with Crippen molar-refractivity contribution in [2.24, 2.45) is 5.73 Å². The van der Waals surface area contributed by atoms with E-state index >= 15 is 0 Å². The molecule has 4 nitrogen and oxygen atoms in total. The summed E-state index contributed by atoms with van der Waals surface area (Å²) in [5, 5.41) is 8.68. The van der Waals surface area contributed by atoms with Crippen LogP contribution in [0, 0.1) is 11.3 Å². The third-order valence-electron chi connectivity index (χ3n) is 1.85. The Morgan fingerprint density at radius 2 is 2.33 bits per heavy atom. The third-order valence-corrected chi connectivity index (χ3v) is 1.85. The summed E-state index contributed by atoms with van der Waals surface area (Å²) >= 11 is 0. The van der Waals surface area contributed by atoms with Gasteiger partial charge in [-0.3, -0.25) is 0 Å². The maximum atomic E-state index is 12.5. The molecule has 0 amide bonds. The molecule has 0 unspecified atom stereocenters. The number of nitrogens with two attached hydrogens (primary N) is 1. The molecule has 1 aromatic rings. The van der Waals surface area contributed by atoms with Crippen molar-refractivity contribution in [2.45, 2.75) is 13.0 Å². The predicted molar refractivity (Wildman–Crippen MR) is 48.4 cm³/mol. The van der Waals surface area contributed by atoms with Crippen LogP contribution in [-0.2, 0) is 6.54 Å². The molecule has 0 saturated carbocycles. The number of hydrogen-bond acceptors (Lipinski definition) is 4. The van der Waals surface area contributed by atoms with Crippen LogP contribution < -0.4 is 10.5 Å². The largest absolute Gasteiger partial charge is 0.494 e. The minimum Gasteiger partial charge on any atom is -0.494 e. The monoisotopic (exact) mass is 213 g/mol. The molecular weight excluding hydrogens is 204 g/mol. The van der Waals surface area contributed by atoms with E-state index in [2.05, 4.69) is 4.98 Å². The Kier molecular flexibility index (Phi) is 3.52. The van der Waals surface area contributed by atoms with Crippen molar-refractivity contribution < 1.29 is 13.5 Å². The molecule has 0 radical (unpaired) electrons. The van der Waals surface area contributed by atoms with Gasteiger partial charge < -0.3 is 10.5 Å². The zero-order chi connectivity index (χ0) is 11.4. The first-order chi connectivity index (χ1) is 7.13. The molecule has 80 valence electrons. The summed E-state index contributed by atoms with van der Waals surface area (Å²) in [7, 11) is 1.29. The summed E-state index contributed by atoms with van der Waals surface area (Å²) in [5.74, 6) is 0.0324. The maximum absolute atomic E-state index is 12.5. The van der Waals surface area contributed by atoms with Gasteiger partial charge in [-0.25, -0.2) is 13.8 Å². The normalized spacial score (nSPS) is 10.1. The van der Waals surface area contributed by atoms with Crippen LogP contribution in [0.1, 0.15) is 23.4 Å². The second kappa shape index (κ2) is 4.66. The predicted octanol–water partition coefficient (Wildman–Crippen LogP) is 1.36. The van der Waals surface area contributed by atoms with Crippen molar-refractivity contribution in [3.8, 4) is 11.8 Å². The van der Waals surface area contributed by atoms with E-state index in [4.69, 9.17) is 15.7 Å². The zero-order valence-electron chi connectivity index (χ0n) is 8.00. The molecule has 0 fully saturated rings. The van der Waals surface area contributed by atoms with E-state index in [9.17, 15) is 8.78 Å². The summed E-state index contributed by atoms with van der Waals surface area (Å²) in [6.07, 6.45) is -2.68. The van der Waals surface area contributed by atoms with Crippen LogP contribution >= 0.6 is 0 Å². The molecule has 1 heterocycles. The van der Waals surface area contributed by atoms with E-state index in [-0.39, 0.29) is 29.2 Å². The molecule has 1 rings (SSSR count). The number of hydrogen-bond donors (Lipinski definition) is 1. The van der Waals surface area contributed by atoms with Crippen LogP contribution in [-0.4, -0.2) is 12.1 Å². The van der Waals surface area contributed by atoms with E-state index < -0.39 is 6.43 Å². The van der Waals surface area contributed by atoms with Crippen molar-refractivity contribution in [1.82, 2.24) is 4.98 Å². The molecular formula is C9H9F2N3O. The van der Waals surface area contributed by atoms with E-state index in [1.807, 2.05) is 0 Å². The van der Waals surface area contributed by atoms with Gasteiger partial charge in [-0.05, 0) is 6.07 Å². The topological polar surface area (TPSA) is 71.9 Å². The SMILES string of the molecule is COc1cc(C(F)F)c(CN)nc1C#N. The Morgan fingerprint density at radius 3 is 2.73 bits per heavy atom.